The van der Waals surface area contributed by atoms with Crippen molar-refractivity contribution in [3.05, 3.63) is 57.3 Å². The normalized spacial score (nSPS) is 12.0. The molecule has 0 fully saturated rings. The van der Waals surface area contributed by atoms with Crippen LogP contribution in [0.4, 0.5) is 0 Å². The van der Waals surface area contributed by atoms with Gasteiger partial charge in [0.05, 0.1) is 6.04 Å². The van der Waals surface area contributed by atoms with E-state index in [0.717, 1.165) is 5.56 Å². The lowest BCUT2D eigenvalue weighted by Crippen LogP contribution is -2.30. The van der Waals surface area contributed by atoms with Gasteiger partial charge in [-0.3, -0.25) is 9.59 Å². The highest BCUT2D eigenvalue weighted by atomic mass is 35.5. The molecule has 0 aliphatic rings. The van der Waals surface area contributed by atoms with E-state index in [0.29, 0.717) is 21.3 Å². The van der Waals surface area contributed by atoms with E-state index in [-0.39, 0.29) is 17.7 Å². The maximum atomic E-state index is 12.5. The number of Topliss-reactive ketones (excluding diaryl/α,β-unsaturated/α-hetero) is 1. The molecular weight excluding hydrogens is 323 g/mol. The summed E-state index contributed by atoms with van der Waals surface area (Å²) in [6.07, 6.45) is 1.53. The van der Waals surface area contributed by atoms with Crippen molar-refractivity contribution < 1.29 is 9.59 Å². The third-order valence-electron chi connectivity index (χ3n) is 3.63. The number of amides is 1. The van der Waals surface area contributed by atoms with Gasteiger partial charge in [0.2, 0.25) is 0 Å². The van der Waals surface area contributed by atoms with Gasteiger partial charge < -0.3 is 9.88 Å². The molecule has 0 radical (unpaired) electrons. The zero-order valence-corrected chi connectivity index (χ0v) is 14.0. The van der Waals surface area contributed by atoms with Crippen molar-refractivity contribution >= 4 is 34.9 Å². The van der Waals surface area contributed by atoms with Gasteiger partial charge in [-0.1, -0.05) is 29.3 Å². The summed E-state index contributed by atoms with van der Waals surface area (Å²) >= 11 is 12.1. The first-order valence-electron chi connectivity index (χ1n) is 6.72. The molecule has 0 aliphatic heterocycles. The molecule has 2 aromatic rings. The maximum absolute atomic E-state index is 12.5. The van der Waals surface area contributed by atoms with Crippen molar-refractivity contribution in [3.63, 3.8) is 0 Å². The molecule has 1 aromatic heterocycles. The minimum atomic E-state index is -0.235. The summed E-state index contributed by atoms with van der Waals surface area (Å²) in [6.45, 7) is 3.33. The number of hydrogen-bond donors (Lipinski definition) is 1. The lowest BCUT2D eigenvalue weighted by atomic mass is 10.1. The van der Waals surface area contributed by atoms with E-state index in [1.807, 2.05) is 6.92 Å². The van der Waals surface area contributed by atoms with Crippen LogP contribution >= 0.6 is 23.2 Å². The second-order valence-corrected chi connectivity index (χ2v) is 5.96. The Morgan fingerprint density at radius 1 is 1.23 bits per heavy atom. The van der Waals surface area contributed by atoms with E-state index < -0.39 is 0 Å². The Hall–Kier alpha value is -1.78. The highest BCUT2D eigenvalue weighted by molar-refractivity contribution is 6.35. The number of nitrogens with one attached hydrogen (secondary N) is 1. The predicted molar refractivity (Wildman–Crippen MR) is 87.8 cm³/mol. The number of benzene rings is 1. The van der Waals surface area contributed by atoms with E-state index in [2.05, 4.69) is 4.98 Å². The average molecular weight is 339 g/mol. The number of carbonyl (C=O) groups excluding carboxylic acids is 2. The first kappa shape index (κ1) is 16.6. The first-order valence-corrected chi connectivity index (χ1v) is 7.48. The zero-order valence-electron chi connectivity index (χ0n) is 12.5. The summed E-state index contributed by atoms with van der Waals surface area (Å²) < 4.78 is 0. The van der Waals surface area contributed by atoms with Crippen LogP contribution in [0.3, 0.4) is 0 Å². The number of aromatic amines is 1. The SMILES string of the molecule is CC(=O)c1c[nH]c(C(=O)N(C)[C@@H](C)c2ccc(Cl)cc2Cl)c1. The summed E-state index contributed by atoms with van der Waals surface area (Å²) in [7, 11) is 1.69. The topological polar surface area (TPSA) is 53.2 Å². The molecule has 1 aromatic carbocycles. The molecule has 1 atom stereocenters. The highest BCUT2D eigenvalue weighted by Gasteiger charge is 2.22. The van der Waals surface area contributed by atoms with Gasteiger partial charge in [-0.15, -0.1) is 0 Å². The number of nitrogens with zero attached hydrogens (tertiary/aromatic N) is 1. The monoisotopic (exact) mass is 338 g/mol. The number of H-pyrrole nitrogens is 1. The Labute approximate surface area is 139 Å². The Balaban J connectivity index is 2.23. The Bertz CT molecular complexity index is 725. The van der Waals surface area contributed by atoms with Crippen LogP contribution in [0.25, 0.3) is 0 Å². The lowest BCUT2D eigenvalue weighted by Gasteiger charge is -2.25. The number of rotatable bonds is 4. The third-order valence-corrected chi connectivity index (χ3v) is 4.20. The van der Waals surface area contributed by atoms with Crippen LogP contribution in [0.5, 0.6) is 0 Å². The molecule has 0 spiro atoms. The Morgan fingerprint density at radius 2 is 1.91 bits per heavy atom. The maximum Gasteiger partial charge on any atom is 0.270 e. The first-order chi connectivity index (χ1) is 10.3. The molecule has 0 saturated heterocycles. The molecule has 2 rings (SSSR count). The zero-order chi connectivity index (χ0) is 16.4. The molecular formula is C16H16Cl2N2O2. The molecule has 1 heterocycles. The molecule has 0 unspecified atom stereocenters. The minimum Gasteiger partial charge on any atom is -0.356 e. The van der Waals surface area contributed by atoms with Crippen molar-refractivity contribution in [2.45, 2.75) is 19.9 Å². The van der Waals surface area contributed by atoms with E-state index >= 15 is 0 Å². The molecule has 4 nitrogen and oxygen atoms in total. The van der Waals surface area contributed by atoms with Gasteiger partial charge in [-0.05, 0) is 37.6 Å². The predicted octanol–water partition coefficient (Wildman–Crippen LogP) is 4.36. The summed E-state index contributed by atoms with van der Waals surface area (Å²) in [5.41, 5.74) is 1.65. The fraction of sp³-hybridized carbons (Fsp3) is 0.250. The van der Waals surface area contributed by atoms with Crippen LogP contribution in [-0.2, 0) is 0 Å². The van der Waals surface area contributed by atoms with E-state index in [4.69, 9.17) is 23.2 Å². The van der Waals surface area contributed by atoms with E-state index in [1.54, 1.807) is 36.2 Å². The number of ketones is 1. The molecule has 22 heavy (non-hydrogen) atoms. The molecule has 6 heteroatoms. The second kappa shape index (κ2) is 6.55. The Morgan fingerprint density at radius 3 is 2.45 bits per heavy atom. The number of halogens is 2. The van der Waals surface area contributed by atoms with Crippen molar-refractivity contribution in [1.29, 1.82) is 0 Å². The van der Waals surface area contributed by atoms with Gasteiger partial charge >= 0.3 is 0 Å². The van der Waals surface area contributed by atoms with Gasteiger partial charge in [0.1, 0.15) is 5.69 Å². The lowest BCUT2D eigenvalue weighted by molar-refractivity contribution is 0.0737. The second-order valence-electron chi connectivity index (χ2n) is 5.12. The molecule has 1 N–H and O–H groups in total. The summed E-state index contributed by atoms with van der Waals surface area (Å²) in [5, 5.41) is 1.06. The molecule has 116 valence electrons. The van der Waals surface area contributed by atoms with Crippen molar-refractivity contribution in [1.82, 2.24) is 9.88 Å². The quantitative estimate of drug-likeness (QED) is 0.842. The summed E-state index contributed by atoms with van der Waals surface area (Å²) in [4.78, 5) is 28.2. The minimum absolute atomic E-state index is 0.0910. The third kappa shape index (κ3) is 3.34. The molecule has 0 aliphatic carbocycles. The van der Waals surface area contributed by atoms with Gasteiger partial charge in [0.25, 0.3) is 5.91 Å². The molecule has 0 bridgehead atoms. The van der Waals surface area contributed by atoms with Gasteiger partial charge in [-0.25, -0.2) is 0 Å². The number of hydrogen-bond acceptors (Lipinski definition) is 2. The van der Waals surface area contributed by atoms with Crippen LogP contribution in [0.2, 0.25) is 10.0 Å². The average Bonchev–Trinajstić information content (AvgIpc) is 2.95. The highest BCUT2D eigenvalue weighted by Crippen LogP contribution is 2.29. The van der Waals surface area contributed by atoms with Crippen molar-refractivity contribution in [2.75, 3.05) is 7.05 Å². The van der Waals surface area contributed by atoms with Gasteiger partial charge in [-0.2, -0.15) is 0 Å². The molecule has 0 saturated carbocycles. The standard InChI is InChI=1S/C16H16Cl2N2O2/c1-9(13-5-4-12(17)7-14(13)18)20(3)16(22)15-6-11(8-19-15)10(2)21/h4-9,19H,1-3H3/t9-/m0/s1. The summed E-state index contributed by atoms with van der Waals surface area (Å²) in [5.74, 6) is -0.308. The number of carbonyl (C=O) groups is 2. The van der Waals surface area contributed by atoms with E-state index in [9.17, 15) is 9.59 Å². The number of aromatic nitrogens is 1. The largest absolute Gasteiger partial charge is 0.356 e. The van der Waals surface area contributed by atoms with Crippen LogP contribution in [-0.4, -0.2) is 28.6 Å². The van der Waals surface area contributed by atoms with E-state index in [1.165, 1.54) is 13.1 Å². The van der Waals surface area contributed by atoms with Crippen molar-refractivity contribution in [2.24, 2.45) is 0 Å². The van der Waals surface area contributed by atoms with Gasteiger partial charge in [0.15, 0.2) is 5.78 Å². The Kier molecular flexibility index (Phi) is 4.94. The van der Waals surface area contributed by atoms with Gasteiger partial charge in [0, 0.05) is 28.9 Å². The summed E-state index contributed by atoms with van der Waals surface area (Å²) in [6, 6.07) is 6.50. The smallest absolute Gasteiger partial charge is 0.270 e. The van der Waals surface area contributed by atoms with Crippen molar-refractivity contribution in [3.8, 4) is 0 Å². The van der Waals surface area contributed by atoms with Crippen LogP contribution in [0, 0.1) is 0 Å². The van der Waals surface area contributed by atoms with Crippen LogP contribution < -0.4 is 0 Å². The fourth-order valence-electron chi connectivity index (χ4n) is 2.14. The van der Waals surface area contributed by atoms with Crippen LogP contribution in [0.1, 0.15) is 46.3 Å². The fourth-order valence-corrected chi connectivity index (χ4v) is 2.70. The molecule has 1 amide bonds. The van der Waals surface area contributed by atoms with Crippen LogP contribution in [0.15, 0.2) is 30.5 Å².